The van der Waals surface area contributed by atoms with Gasteiger partial charge in [0.15, 0.2) is 0 Å². The predicted molar refractivity (Wildman–Crippen MR) is 194 cm³/mol. The zero-order chi connectivity index (χ0) is 33.7. The summed E-state index contributed by atoms with van der Waals surface area (Å²) in [5, 5.41) is 4.12. The molecule has 266 valence electrons. The quantitative estimate of drug-likeness (QED) is 0.0960. The van der Waals surface area contributed by atoms with Gasteiger partial charge in [0, 0.05) is 34.4 Å². The molecule has 0 atom stereocenters. The van der Waals surface area contributed by atoms with E-state index in [0.717, 1.165) is 133 Å². The standard InChI is InChI=1S/C44H54O6/c45-39(49-43-23-29-17-30(24-43)19-31(18-29)25-43)13-5-7-15-47-41-35-9-1-2-10-36(35)42(38-12-4-3-11-37(38)41)48-16-8-6-14-40(46)50-44-26-32-20-33(27-44)22-34(21-32)28-44/h1-4,9-12,29-34H,5-8,13-28H2. The number of unbranched alkanes of at least 4 members (excludes halogenated alkanes) is 2. The van der Waals surface area contributed by atoms with Crippen LogP contribution < -0.4 is 9.47 Å². The lowest BCUT2D eigenvalue weighted by Crippen LogP contribution is -2.52. The Labute approximate surface area is 296 Å². The van der Waals surface area contributed by atoms with Crippen LogP contribution in [0.2, 0.25) is 0 Å². The molecule has 50 heavy (non-hydrogen) atoms. The minimum absolute atomic E-state index is 0.0242. The Kier molecular flexibility index (Phi) is 8.72. The second kappa shape index (κ2) is 13.4. The molecule has 0 unspecified atom stereocenters. The van der Waals surface area contributed by atoms with E-state index in [1.807, 2.05) is 24.3 Å². The minimum atomic E-state index is -0.163. The van der Waals surface area contributed by atoms with E-state index in [1.54, 1.807) is 0 Å². The van der Waals surface area contributed by atoms with Crippen LogP contribution in [0.1, 0.15) is 116 Å². The minimum Gasteiger partial charge on any atom is -0.492 e. The van der Waals surface area contributed by atoms with Gasteiger partial charge in [0.05, 0.1) is 13.2 Å². The van der Waals surface area contributed by atoms with E-state index in [0.29, 0.717) is 26.1 Å². The monoisotopic (exact) mass is 678 g/mol. The van der Waals surface area contributed by atoms with Gasteiger partial charge in [-0.1, -0.05) is 48.5 Å². The number of hydrogen-bond acceptors (Lipinski definition) is 6. The summed E-state index contributed by atoms with van der Waals surface area (Å²) in [6.45, 7) is 1.08. The van der Waals surface area contributed by atoms with Crippen molar-refractivity contribution in [2.24, 2.45) is 35.5 Å². The summed E-state index contributed by atoms with van der Waals surface area (Å²) in [6.07, 6.45) is 18.7. The molecule has 8 bridgehead atoms. The molecule has 0 N–H and O–H groups in total. The Morgan fingerprint density at radius 3 is 1.08 bits per heavy atom. The van der Waals surface area contributed by atoms with Crippen LogP contribution in [0.4, 0.5) is 0 Å². The van der Waals surface area contributed by atoms with Crippen LogP contribution in [0.5, 0.6) is 11.5 Å². The summed E-state index contributed by atoms with van der Waals surface area (Å²) < 4.78 is 25.5. The highest BCUT2D eigenvalue weighted by atomic mass is 16.6. The molecule has 3 aromatic carbocycles. The number of hydrogen-bond donors (Lipinski definition) is 0. The highest BCUT2D eigenvalue weighted by Crippen LogP contribution is 2.58. The molecule has 0 aliphatic heterocycles. The molecule has 8 aliphatic carbocycles. The summed E-state index contributed by atoms with van der Waals surface area (Å²) in [6, 6.07) is 16.6. The van der Waals surface area contributed by atoms with E-state index < -0.39 is 0 Å². The molecule has 3 aromatic rings. The zero-order valence-corrected chi connectivity index (χ0v) is 29.7. The van der Waals surface area contributed by atoms with Crippen LogP contribution in [0.15, 0.2) is 48.5 Å². The second-order valence-electron chi connectivity index (χ2n) is 17.5. The third kappa shape index (κ3) is 6.50. The summed E-state index contributed by atoms with van der Waals surface area (Å²) in [4.78, 5) is 25.9. The first-order valence-corrected chi connectivity index (χ1v) is 20.0. The number of ether oxygens (including phenoxy) is 4. The maximum absolute atomic E-state index is 12.9. The summed E-state index contributed by atoms with van der Waals surface area (Å²) in [5.74, 6) is 6.33. The van der Waals surface area contributed by atoms with Crippen LogP contribution in [-0.2, 0) is 19.1 Å². The normalized spacial score (nSPS) is 33.2. The highest BCUT2D eigenvalue weighted by Gasteiger charge is 2.54. The Morgan fingerprint density at radius 2 is 0.780 bits per heavy atom. The van der Waals surface area contributed by atoms with Crippen molar-refractivity contribution in [3.63, 3.8) is 0 Å². The van der Waals surface area contributed by atoms with E-state index in [-0.39, 0.29) is 23.1 Å². The van der Waals surface area contributed by atoms with Crippen molar-refractivity contribution in [1.29, 1.82) is 0 Å². The average molecular weight is 679 g/mol. The lowest BCUT2D eigenvalue weighted by molar-refractivity contribution is -0.187. The van der Waals surface area contributed by atoms with Crippen LogP contribution >= 0.6 is 0 Å². The fourth-order valence-corrected chi connectivity index (χ4v) is 12.3. The molecule has 0 amide bonds. The van der Waals surface area contributed by atoms with Crippen LogP contribution in [0, 0.1) is 35.5 Å². The molecule has 0 radical (unpaired) electrons. The maximum Gasteiger partial charge on any atom is 0.306 e. The largest absolute Gasteiger partial charge is 0.492 e. The molecule has 0 saturated heterocycles. The van der Waals surface area contributed by atoms with Crippen molar-refractivity contribution in [3.8, 4) is 11.5 Å². The van der Waals surface area contributed by atoms with E-state index >= 15 is 0 Å². The third-order valence-electron chi connectivity index (χ3n) is 13.5. The molecule has 8 fully saturated rings. The van der Waals surface area contributed by atoms with E-state index in [9.17, 15) is 9.59 Å². The van der Waals surface area contributed by atoms with Gasteiger partial charge in [-0.05, 0) is 138 Å². The van der Waals surface area contributed by atoms with Crippen molar-refractivity contribution in [1.82, 2.24) is 0 Å². The molecule has 8 saturated carbocycles. The van der Waals surface area contributed by atoms with E-state index in [1.165, 1.54) is 38.5 Å². The van der Waals surface area contributed by atoms with Gasteiger partial charge in [0.25, 0.3) is 0 Å². The Bertz CT molecular complexity index is 1490. The van der Waals surface area contributed by atoms with E-state index in [4.69, 9.17) is 18.9 Å². The molecule has 8 aliphatic rings. The molecule has 6 nitrogen and oxygen atoms in total. The predicted octanol–water partition coefficient (Wildman–Crippen LogP) is 10.1. The third-order valence-corrected chi connectivity index (χ3v) is 13.5. The molecule has 0 heterocycles. The van der Waals surface area contributed by atoms with Gasteiger partial charge in [-0.3, -0.25) is 9.59 Å². The lowest BCUT2D eigenvalue weighted by atomic mass is 9.54. The highest BCUT2D eigenvalue weighted by molar-refractivity contribution is 6.11. The zero-order valence-electron chi connectivity index (χ0n) is 29.7. The van der Waals surface area contributed by atoms with Crippen molar-refractivity contribution < 1.29 is 28.5 Å². The van der Waals surface area contributed by atoms with Gasteiger partial charge in [-0.15, -0.1) is 0 Å². The number of rotatable bonds is 14. The van der Waals surface area contributed by atoms with Crippen LogP contribution in [0.3, 0.4) is 0 Å². The smallest absolute Gasteiger partial charge is 0.306 e. The van der Waals surface area contributed by atoms with Gasteiger partial charge in [-0.25, -0.2) is 0 Å². The molecule has 6 heteroatoms. The Morgan fingerprint density at radius 1 is 0.480 bits per heavy atom. The number of esters is 2. The molecule has 11 rings (SSSR count). The number of carbonyl (C=O) groups is 2. The van der Waals surface area contributed by atoms with Gasteiger partial charge in [0.1, 0.15) is 22.7 Å². The fourth-order valence-electron chi connectivity index (χ4n) is 12.3. The number of benzene rings is 3. The summed E-state index contributed by atoms with van der Waals surface area (Å²) >= 11 is 0. The first kappa shape index (κ1) is 32.6. The van der Waals surface area contributed by atoms with Crippen LogP contribution in [0.25, 0.3) is 21.5 Å². The molecule has 0 spiro atoms. The van der Waals surface area contributed by atoms with Crippen molar-refractivity contribution in [2.45, 2.75) is 127 Å². The van der Waals surface area contributed by atoms with Gasteiger partial charge < -0.3 is 18.9 Å². The Balaban J connectivity index is 0.780. The molecular weight excluding hydrogens is 624 g/mol. The second-order valence-corrected chi connectivity index (χ2v) is 17.5. The first-order chi connectivity index (χ1) is 24.4. The fraction of sp³-hybridized carbons (Fsp3) is 0.636. The lowest BCUT2D eigenvalue weighted by Gasteiger charge is -2.55. The van der Waals surface area contributed by atoms with Gasteiger partial charge in [-0.2, -0.15) is 0 Å². The first-order valence-electron chi connectivity index (χ1n) is 20.0. The summed E-state index contributed by atoms with van der Waals surface area (Å²) in [5.41, 5.74) is -0.326. The maximum atomic E-state index is 12.9. The molecular formula is C44H54O6. The van der Waals surface area contributed by atoms with Gasteiger partial charge >= 0.3 is 11.9 Å². The van der Waals surface area contributed by atoms with Crippen molar-refractivity contribution >= 4 is 33.5 Å². The summed E-state index contributed by atoms with van der Waals surface area (Å²) in [7, 11) is 0. The number of fused-ring (bicyclic) bond motifs is 2. The number of carbonyl (C=O) groups excluding carboxylic acids is 2. The van der Waals surface area contributed by atoms with Crippen LogP contribution in [-0.4, -0.2) is 36.4 Å². The average Bonchev–Trinajstić information content (AvgIpc) is 3.07. The topological polar surface area (TPSA) is 71.1 Å². The molecule has 0 aromatic heterocycles. The van der Waals surface area contributed by atoms with Crippen molar-refractivity contribution in [3.05, 3.63) is 48.5 Å². The van der Waals surface area contributed by atoms with E-state index in [2.05, 4.69) is 24.3 Å². The Hall–Kier alpha value is -3.28. The van der Waals surface area contributed by atoms with Gasteiger partial charge in [0.2, 0.25) is 0 Å². The SMILES string of the molecule is O=C(CCCCOc1c2ccccc2c(OCCCCC(=O)OC23CC4CC(CC(C4)C2)C3)c2ccccc12)OC12CC3CC(CC(C3)C1)C2. The van der Waals surface area contributed by atoms with Crippen molar-refractivity contribution in [2.75, 3.05) is 13.2 Å².